The lowest BCUT2D eigenvalue weighted by Gasteiger charge is -2.16. The fraction of sp³-hybridized carbons (Fsp3) is 0.400. The van der Waals surface area contributed by atoms with Crippen molar-refractivity contribution >= 4 is 46.9 Å². The van der Waals surface area contributed by atoms with E-state index in [2.05, 4.69) is 20.9 Å². The highest BCUT2D eigenvalue weighted by atomic mass is 35.5. The number of pyridine rings is 1. The van der Waals surface area contributed by atoms with Crippen molar-refractivity contribution in [3.63, 3.8) is 0 Å². The van der Waals surface area contributed by atoms with Gasteiger partial charge in [-0.25, -0.2) is 4.79 Å². The number of alkyl halides is 3. The maximum Gasteiger partial charge on any atom is 0.417 e. The highest BCUT2D eigenvalue weighted by molar-refractivity contribution is 8.00. The molecule has 3 amide bonds. The van der Waals surface area contributed by atoms with Crippen molar-refractivity contribution in [2.45, 2.75) is 74.9 Å². The number of fused-ring (bicyclic) bond motifs is 1. The second kappa shape index (κ2) is 16.5. The molecule has 5 rings (SSSR count). The zero-order chi connectivity index (χ0) is 35.0. The van der Waals surface area contributed by atoms with Crippen LogP contribution in [0.5, 0.6) is 11.5 Å². The van der Waals surface area contributed by atoms with Crippen molar-refractivity contribution in [3.05, 3.63) is 88.2 Å². The van der Waals surface area contributed by atoms with E-state index in [-0.39, 0.29) is 66.1 Å². The molecule has 2 aliphatic rings. The van der Waals surface area contributed by atoms with Gasteiger partial charge in [0.25, 0.3) is 0 Å². The fourth-order valence-corrected chi connectivity index (χ4v) is 7.59. The third-order valence-electron chi connectivity index (χ3n) is 8.30. The van der Waals surface area contributed by atoms with Crippen LogP contribution in [0.25, 0.3) is 0 Å². The predicted octanol–water partition coefficient (Wildman–Crippen LogP) is 6.71. The number of rotatable bonds is 16. The first-order valence-corrected chi connectivity index (χ1v) is 17.5. The first-order valence-electron chi connectivity index (χ1n) is 16.0. The van der Waals surface area contributed by atoms with Gasteiger partial charge in [-0.3, -0.25) is 19.4 Å². The van der Waals surface area contributed by atoms with Gasteiger partial charge in [0, 0.05) is 55.5 Å². The van der Waals surface area contributed by atoms with Gasteiger partial charge in [0.15, 0.2) is 5.78 Å². The Morgan fingerprint density at radius 3 is 2.47 bits per heavy atom. The quantitative estimate of drug-likeness (QED) is 0.0855. The van der Waals surface area contributed by atoms with E-state index >= 15 is 0 Å². The van der Waals surface area contributed by atoms with E-state index in [1.54, 1.807) is 30.3 Å². The molecule has 9 nitrogen and oxygen atoms in total. The van der Waals surface area contributed by atoms with E-state index in [9.17, 15) is 32.3 Å². The van der Waals surface area contributed by atoms with Crippen molar-refractivity contribution in [3.8, 4) is 11.5 Å². The van der Waals surface area contributed by atoms with Crippen LogP contribution in [0.3, 0.4) is 0 Å². The number of carbonyl (C=O) groups excluding carboxylic acids is 4. The minimum Gasteiger partial charge on any atom is -0.457 e. The molecule has 3 heterocycles. The van der Waals surface area contributed by atoms with Gasteiger partial charge in [-0.15, -0.1) is 0 Å². The molecule has 2 saturated heterocycles. The van der Waals surface area contributed by atoms with Crippen molar-refractivity contribution in [2.24, 2.45) is 0 Å². The van der Waals surface area contributed by atoms with E-state index in [0.29, 0.717) is 41.7 Å². The van der Waals surface area contributed by atoms with E-state index in [1.807, 2.05) is 11.8 Å². The molecular weight excluding hydrogens is 681 g/mol. The Morgan fingerprint density at radius 1 is 0.939 bits per heavy atom. The van der Waals surface area contributed by atoms with Crippen LogP contribution in [0.4, 0.5) is 18.0 Å². The third kappa shape index (κ3) is 10.4. The summed E-state index contributed by atoms with van der Waals surface area (Å²) in [5.41, 5.74) is 0.164. The minimum atomic E-state index is -4.61. The number of nitrogens with zero attached hydrogens (tertiary/aromatic N) is 1. The Hall–Kier alpha value is -4.10. The Balaban J connectivity index is 0.991. The number of thioether (sulfide) groups is 1. The first-order chi connectivity index (χ1) is 23.4. The van der Waals surface area contributed by atoms with Gasteiger partial charge < -0.3 is 20.7 Å². The zero-order valence-electron chi connectivity index (χ0n) is 26.5. The summed E-state index contributed by atoms with van der Waals surface area (Å²) in [6.07, 6.45) is 0.421. The maximum absolute atomic E-state index is 13.1. The number of Topliss-reactive ketones (excluding diaryl/α,β-unsaturated/α-hetero) is 2. The molecule has 2 aliphatic heterocycles. The van der Waals surface area contributed by atoms with Gasteiger partial charge in [0.1, 0.15) is 23.0 Å². The SMILES string of the molecule is O=C(Cc1ccc(Oc2ccnc(C(=O)CCCNC(=O)CCCCC3SCC4NC(=O)NC43)c2)cc1)Cc1ccc(Cl)c(C(F)(F)F)c1. The normalized spacial score (nSPS) is 18.4. The number of nitrogens with one attached hydrogen (secondary N) is 3. The Morgan fingerprint density at radius 2 is 1.69 bits per heavy atom. The zero-order valence-corrected chi connectivity index (χ0v) is 28.1. The molecule has 3 atom stereocenters. The molecule has 3 N–H and O–H groups in total. The van der Waals surface area contributed by atoms with Gasteiger partial charge in [0.05, 0.1) is 22.7 Å². The van der Waals surface area contributed by atoms with Crippen molar-refractivity contribution in [1.29, 1.82) is 0 Å². The number of hydrogen-bond donors (Lipinski definition) is 3. The summed E-state index contributed by atoms with van der Waals surface area (Å²) in [6.45, 7) is 0.379. The lowest BCUT2D eigenvalue weighted by Crippen LogP contribution is -2.36. The molecule has 3 aromatic rings. The van der Waals surface area contributed by atoms with Gasteiger partial charge in [-0.05, 0) is 60.7 Å². The summed E-state index contributed by atoms with van der Waals surface area (Å²) in [6, 6.07) is 13.6. The van der Waals surface area contributed by atoms with Crippen molar-refractivity contribution in [2.75, 3.05) is 12.3 Å². The molecule has 0 spiro atoms. The maximum atomic E-state index is 13.1. The van der Waals surface area contributed by atoms with Crippen LogP contribution in [-0.4, -0.2) is 58.1 Å². The molecule has 0 bridgehead atoms. The number of ketones is 2. The second-order valence-electron chi connectivity index (χ2n) is 12.1. The minimum absolute atomic E-state index is 0.0269. The number of unbranched alkanes of at least 4 members (excludes halogenated alkanes) is 1. The average Bonchev–Trinajstić information content (AvgIpc) is 3.61. The van der Waals surface area contributed by atoms with Crippen LogP contribution in [-0.2, 0) is 28.6 Å². The summed E-state index contributed by atoms with van der Waals surface area (Å²) >= 11 is 7.52. The number of hydrogen-bond acceptors (Lipinski definition) is 7. The molecule has 14 heteroatoms. The van der Waals surface area contributed by atoms with E-state index in [1.165, 1.54) is 18.3 Å². The summed E-state index contributed by atoms with van der Waals surface area (Å²) in [5, 5.41) is 8.73. The summed E-state index contributed by atoms with van der Waals surface area (Å²) < 4.78 is 45.3. The molecule has 49 heavy (non-hydrogen) atoms. The van der Waals surface area contributed by atoms with Crippen LogP contribution in [0.2, 0.25) is 5.02 Å². The molecule has 0 aliphatic carbocycles. The van der Waals surface area contributed by atoms with Crippen LogP contribution >= 0.6 is 23.4 Å². The number of amides is 3. The van der Waals surface area contributed by atoms with Gasteiger partial charge in [0.2, 0.25) is 5.91 Å². The molecular formula is C35H36ClF3N4O5S. The summed E-state index contributed by atoms with van der Waals surface area (Å²) in [7, 11) is 0. The summed E-state index contributed by atoms with van der Waals surface area (Å²) in [5.74, 6) is 1.29. The number of urea groups is 1. The molecule has 1 aromatic heterocycles. The van der Waals surface area contributed by atoms with E-state index in [4.69, 9.17) is 16.3 Å². The standard InChI is InChI=1S/C35H36ClF3N4O5S/c36-27-12-9-22(18-26(27)35(37,38)39)17-23(44)16-21-7-10-24(11-8-21)48-25-13-15-40-28(19-25)30(45)4-3-14-41-32(46)6-2-1-5-31-33-29(20-49-31)42-34(47)43-33/h7-13,15,18-19,29,31,33H,1-6,14,16-17,20H2,(H,41,46)(H2,42,43,47). The number of carbonyl (C=O) groups is 4. The average molecular weight is 717 g/mol. The van der Waals surface area contributed by atoms with Crippen LogP contribution in [0.1, 0.15) is 65.7 Å². The fourth-order valence-electron chi connectivity index (χ4n) is 5.82. The van der Waals surface area contributed by atoms with E-state index in [0.717, 1.165) is 37.1 Å². The summed E-state index contributed by atoms with van der Waals surface area (Å²) in [4.78, 5) is 53.2. The number of aromatic nitrogens is 1. The lowest BCUT2D eigenvalue weighted by molar-refractivity contribution is -0.137. The second-order valence-corrected chi connectivity index (χ2v) is 13.8. The first kappa shape index (κ1) is 36.2. The predicted molar refractivity (Wildman–Crippen MR) is 180 cm³/mol. The molecule has 2 fully saturated rings. The molecule has 2 aromatic carbocycles. The molecule has 0 saturated carbocycles. The topological polar surface area (TPSA) is 126 Å². The van der Waals surface area contributed by atoms with Crippen LogP contribution in [0, 0.1) is 0 Å². The molecule has 260 valence electrons. The third-order valence-corrected chi connectivity index (χ3v) is 10.1. The largest absolute Gasteiger partial charge is 0.457 e. The van der Waals surface area contributed by atoms with Crippen LogP contribution in [0.15, 0.2) is 60.8 Å². The van der Waals surface area contributed by atoms with Gasteiger partial charge in [-0.2, -0.15) is 24.9 Å². The Labute approximate surface area is 291 Å². The molecule has 3 unspecified atom stereocenters. The number of halogens is 4. The number of ether oxygens (including phenoxy) is 1. The Bertz CT molecular complexity index is 1670. The van der Waals surface area contributed by atoms with Gasteiger partial charge in [-0.1, -0.05) is 36.2 Å². The lowest BCUT2D eigenvalue weighted by atomic mass is 10.0. The smallest absolute Gasteiger partial charge is 0.417 e. The monoisotopic (exact) mass is 716 g/mol. The Kier molecular flexibility index (Phi) is 12.2. The molecule has 0 radical (unpaired) electrons. The van der Waals surface area contributed by atoms with Gasteiger partial charge >= 0.3 is 12.2 Å². The number of benzene rings is 2. The van der Waals surface area contributed by atoms with E-state index < -0.39 is 16.8 Å². The van der Waals surface area contributed by atoms with Crippen LogP contribution < -0.4 is 20.7 Å². The van der Waals surface area contributed by atoms with Crippen molar-refractivity contribution < 1.29 is 37.1 Å². The van der Waals surface area contributed by atoms with Crippen molar-refractivity contribution in [1.82, 2.24) is 20.9 Å². The highest BCUT2D eigenvalue weighted by Crippen LogP contribution is 2.35. The highest BCUT2D eigenvalue weighted by Gasteiger charge is 2.42.